The Bertz CT molecular complexity index is 1060. The van der Waals surface area contributed by atoms with Crippen LogP contribution in [0.3, 0.4) is 0 Å². The van der Waals surface area contributed by atoms with Crippen LogP contribution in [-0.2, 0) is 29.0 Å². The van der Waals surface area contributed by atoms with E-state index in [1.165, 1.54) is 0 Å². The Morgan fingerprint density at radius 2 is 1.36 bits per heavy atom. The fourth-order valence-corrected chi connectivity index (χ4v) is 3.86. The van der Waals surface area contributed by atoms with E-state index >= 15 is 0 Å². The number of hydrogen-bond donors (Lipinski definition) is 1. The molecular formula is C29H34N2O2. The topological polar surface area (TPSA) is 49.4 Å². The Kier molecular flexibility index (Phi) is 8.05. The normalized spacial score (nSPS) is 12.1. The zero-order valence-electron chi connectivity index (χ0n) is 20.0. The molecule has 0 unspecified atom stereocenters. The van der Waals surface area contributed by atoms with Gasteiger partial charge in [-0.15, -0.1) is 0 Å². The highest BCUT2D eigenvalue weighted by Gasteiger charge is 2.32. The fourth-order valence-electron chi connectivity index (χ4n) is 3.86. The number of rotatable bonds is 8. The molecule has 0 fully saturated rings. The van der Waals surface area contributed by atoms with Crippen molar-refractivity contribution in [1.82, 2.24) is 10.2 Å². The number of amides is 2. The molecule has 3 rings (SSSR count). The Morgan fingerprint density at radius 3 is 1.94 bits per heavy atom. The van der Waals surface area contributed by atoms with Gasteiger partial charge in [-0.05, 0) is 49.9 Å². The van der Waals surface area contributed by atoms with Gasteiger partial charge < -0.3 is 10.2 Å². The lowest BCUT2D eigenvalue weighted by Crippen LogP contribution is -2.54. The first kappa shape index (κ1) is 24.2. The van der Waals surface area contributed by atoms with Crippen molar-refractivity contribution in [3.63, 3.8) is 0 Å². The Morgan fingerprint density at radius 1 is 0.818 bits per heavy atom. The molecule has 0 heterocycles. The van der Waals surface area contributed by atoms with Crippen molar-refractivity contribution in [2.24, 2.45) is 0 Å². The van der Waals surface area contributed by atoms with E-state index in [1.807, 2.05) is 113 Å². The number of carbonyl (C=O) groups excluding carboxylic acids is 2. The van der Waals surface area contributed by atoms with Gasteiger partial charge in [-0.25, -0.2) is 0 Å². The van der Waals surface area contributed by atoms with Crippen LogP contribution in [0.15, 0.2) is 84.9 Å². The number of carbonyl (C=O) groups is 2. The molecule has 1 atom stereocenters. The predicted octanol–water partition coefficient (Wildman–Crippen LogP) is 5.09. The van der Waals surface area contributed by atoms with Crippen molar-refractivity contribution in [3.05, 3.63) is 107 Å². The molecule has 0 aromatic heterocycles. The second-order valence-corrected chi connectivity index (χ2v) is 9.56. The molecule has 2 amide bonds. The number of benzene rings is 3. The van der Waals surface area contributed by atoms with E-state index in [0.29, 0.717) is 13.0 Å². The number of nitrogens with one attached hydrogen (secondary N) is 1. The van der Waals surface area contributed by atoms with Gasteiger partial charge in [0.25, 0.3) is 0 Å². The summed E-state index contributed by atoms with van der Waals surface area (Å²) in [6.07, 6.45) is 0.711. The van der Waals surface area contributed by atoms with Gasteiger partial charge in [-0.3, -0.25) is 9.59 Å². The monoisotopic (exact) mass is 442 g/mol. The highest BCUT2D eigenvalue weighted by atomic mass is 16.2. The first-order valence-corrected chi connectivity index (χ1v) is 11.5. The van der Waals surface area contributed by atoms with Gasteiger partial charge in [-0.1, -0.05) is 84.9 Å². The summed E-state index contributed by atoms with van der Waals surface area (Å²) >= 11 is 0. The maximum Gasteiger partial charge on any atom is 0.243 e. The molecule has 0 saturated carbocycles. The minimum atomic E-state index is -0.622. The van der Waals surface area contributed by atoms with E-state index in [1.54, 1.807) is 4.90 Å². The van der Waals surface area contributed by atoms with Gasteiger partial charge in [0.15, 0.2) is 0 Å². The molecule has 0 saturated heterocycles. The van der Waals surface area contributed by atoms with Gasteiger partial charge in [0.2, 0.25) is 11.8 Å². The third-order valence-corrected chi connectivity index (χ3v) is 5.57. The molecule has 0 spiro atoms. The summed E-state index contributed by atoms with van der Waals surface area (Å²) in [5.74, 6) is -0.196. The first-order valence-electron chi connectivity index (χ1n) is 11.5. The van der Waals surface area contributed by atoms with Crippen LogP contribution in [0.1, 0.15) is 43.0 Å². The van der Waals surface area contributed by atoms with Crippen molar-refractivity contribution in [3.8, 4) is 0 Å². The summed E-state index contributed by atoms with van der Waals surface area (Å²) < 4.78 is 0. The van der Waals surface area contributed by atoms with Crippen LogP contribution in [0.5, 0.6) is 0 Å². The van der Waals surface area contributed by atoms with E-state index in [2.05, 4.69) is 5.32 Å². The molecule has 0 radical (unpaired) electrons. The molecule has 0 aliphatic rings. The second-order valence-electron chi connectivity index (χ2n) is 9.56. The van der Waals surface area contributed by atoms with E-state index < -0.39 is 11.6 Å². The molecule has 33 heavy (non-hydrogen) atoms. The summed E-state index contributed by atoms with van der Waals surface area (Å²) in [6.45, 7) is 8.27. The minimum absolute atomic E-state index is 0.0573. The maximum absolute atomic E-state index is 13.7. The van der Waals surface area contributed by atoms with E-state index in [9.17, 15) is 9.59 Å². The van der Waals surface area contributed by atoms with Crippen LogP contribution in [0.25, 0.3) is 0 Å². The summed E-state index contributed by atoms with van der Waals surface area (Å²) in [7, 11) is 0. The molecule has 3 aromatic carbocycles. The van der Waals surface area contributed by atoms with Crippen LogP contribution in [0, 0.1) is 6.92 Å². The van der Waals surface area contributed by atoms with Crippen molar-refractivity contribution in [1.29, 1.82) is 0 Å². The van der Waals surface area contributed by atoms with Gasteiger partial charge in [-0.2, -0.15) is 0 Å². The van der Waals surface area contributed by atoms with Crippen molar-refractivity contribution < 1.29 is 9.59 Å². The number of aryl methyl sites for hydroxylation is 1. The predicted molar refractivity (Wildman–Crippen MR) is 134 cm³/mol. The third-order valence-electron chi connectivity index (χ3n) is 5.57. The molecule has 0 aliphatic carbocycles. The maximum atomic E-state index is 13.7. The molecule has 0 aliphatic heterocycles. The van der Waals surface area contributed by atoms with Crippen LogP contribution < -0.4 is 5.32 Å². The van der Waals surface area contributed by atoms with Crippen molar-refractivity contribution >= 4 is 11.8 Å². The number of nitrogens with zero attached hydrogens (tertiary/aromatic N) is 1. The molecule has 3 aromatic rings. The van der Waals surface area contributed by atoms with Crippen LogP contribution in [0.2, 0.25) is 0 Å². The summed E-state index contributed by atoms with van der Waals surface area (Å²) in [5, 5.41) is 3.10. The third kappa shape index (κ3) is 7.31. The molecule has 172 valence electrons. The van der Waals surface area contributed by atoms with E-state index in [-0.39, 0.29) is 18.2 Å². The Balaban J connectivity index is 1.98. The SMILES string of the molecule is Cc1ccccc1CC(=O)N(Cc1ccccc1)[C@@H](Cc1ccccc1)C(=O)NC(C)(C)C. The zero-order chi connectivity index (χ0) is 23.8. The Hall–Kier alpha value is -3.40. The highest BCUT2D eigenvalue weighted by Crippen LogP contribution is 2.18. The second kappa shape index (κ2) is 11.0. The largest absolute Gasteiger partial charge is 0.350 e. The standard InChI is InChI=1S/C29H34N2O2/c1-22-13-11-12-18-25(22)20-27(32)31(21-24-16-9-6-10-17-24)26(28(33)30-29(2,3)4)19-23-14-7-5-8-15-23/h5-18,26H,19-21H2,1-4H3,(H,30,33)/t26-/m0/s1. The van der Waals surface area contributed by atoms with Gasteiger partial charge in [0.05, 0.1) is 6.42 Å². The van der Waals surface area contributed by atoms with Crippen molar-refractivity contribution in [2.45, 2.75) is 58.7 Å². The van der Waals surface area contributed by atoms with Gasteiger partial charge in [0.1, 0.15) is 6.04 Å². The van der Waals surface area contributed by atoms with Crippen LogP contribution in [0.4, 0.5) is 0 Å². The summed E-state index contributed by atoms with van der Waals surface area (Å²) in [6, 6.07) is 27.0. The van der Waals surface area contributed by atoms with Crippen LogP contribution in [-0.4, -0.2) is 28.3 Å². The lowest BCUT2D eigenvalue weighted by molar-refractivity contribution is -0.141. The molecular weight excluding hydrogens is 408 g/mol. The molecule has 1 N–H and O–H groups in total. The smallest absolute Gasteiger partial charge is 0.243 e. The molecule has 4 heteroatoms. The van der Waals surface area contributed by atoms with Crippen LogP contribution >= 0.6 is 0 Å². The molecule has 4 nitrogen and oxygen atoms in total. The lowest BCUT2D eigenvalue weighted by atomic mass is 9.99. The lowest BCUT2D eigenvalue weighted by Gasteiger charge is -2.34. The highest BCUT2D eigenvalue weighted by molar-refractivity contribution is 5.89. The Labute approximate surface area is 197 Å². The molecule has 0 bridgehead atoms. The fraction of sp³-hybridized carbons (Fsp3) is 0.310. The summed E-state index contributed by atoms with van der Waals surface area (Å²) in [4.78, 5) is 29.0. The van der Waals surface area contributed by atoms with Gasteiger partial charge in [0, 0.05) is 18.5 Å². The first-order chi connectivity index (χ1) is 15.7. The quantitative estimate of drug-likeness (QED) is 0.528. The average molecular weight is 443 g/mol. The van der Waals surface area contributed by atoms with Gasteiger partial charge >= 0.3 is 0 Å². The van der Waals surface area contributed by atoms with E-state index in [4.69, 9.17) is 0 Å². The number of hydrogen-bond acceptors (Lipinski definition) is 2. The summed E-state index contributed by atoms with van der Waals surface area (Å²) in [5.41, 5.74) is 3.67. The van der Waals surface area contributed by atoms with E-state index in [0.717, 1.165) is 22.3 Å². The average Bonchev–Trinajstić information content (AvgIpc) is 2.78. The van der Waals surface area contributed by atoms with Crippen molar-refractivity contribution in [2.75, 3.05) is 0 Å². The minimum Gasteiger partial charge on any atom is -0.350 e. The zero-order valence-corrected chi connectivity index (χ0v) is 20.0.